The van der Waals surface area contributed by atoms with E-state index in [1.807, 2.05) is 0 Å². The van der Waals surface area contributed by atoms with Crippen LogP contribution in [0.25, 0.3) is 0 Å². The minimum atomic E-state index is -0.103. The number of rotatable bonds is 18. The SMILES string of the molecule is CC(C)CCOC(COCCOC(C)(C)C)C(C)(C)C.CC(C)CCOCC(OCCOC(C)(C)C)C(C)(C)C. The minimum Gasteiger partial charge on any atom is -0.379 e. The van der Waals surface area contributed by atoms with Gasteiger partial charge in [-0.25, -0.2) is 0 Å². The van der Waals surface area contributed by atoms with Crippen LogP contribution >= 0.6 is 0 Å². The Hall–Kier alpha value is -0.240. The van der Waals surface area contributed by atoms with Gasteiger partial charge in [-0.2, -0.15) is 0 Å². The lowest BCUT2D eigenvalue weighted by Gasteiger charge is -2.31. The fourth-order valence-corrected chi connectivity index (χ4v) is 3.19. The van der Waals surface area contributed by atoms with Gasteiger partial charge in [-0.15, -0.1) is 0 Å². The quantitative estimate of drug-likeness (QED) is 0.152. The Bertz CT molecular complexity index is 575. The first-order valence-electron chi connectivity index (χ1n) is 15.7. The van der Waals surface area contributed by atoms with Crippen LogP contribution in [-0.2, 0) is 28.4 Å². The summed E-state index contributed by atoms with van der Waals surface area (Å²) in [5.74, 6) is 1.36. The average molecular weight is 577 g/mol. The van der Waals surface area contributed by atoms with Crippen LogP contribution in [0.2, 0.25) is 0 Å². The van der Waals surface area contributed by atoms with Crippen molar-refractivity contribution in [2.75, 3.05) is 52.9 Å². The summed E-state index contributed by atoms with van der Waals surface area (Å²) >= 11 is 0. The average Bonchev–Trinajstić information content (AvgIpc) is 2.73. The molecule has 0 N–H and O–H groups in total. The van der Waals surface area contributed by atoms with E-state index in [1.54, 1.807) is 0 Å². The fourth-order valence-electron chi connectivity index (χ4n) is 3.19. The maximum atomic E-state index is 6.00. The molecule has 0 saturated carbocycles. The third-order valence-corrected chi connectivity index (χ3v) is 6.02. The molecule has 2 atom stereocenters. The van der Waals surface area contributed by atoms with Gasteiger partial charge in [0.05, 0.1) is 63.1 Å². The summed E-state index contributed by atoms with van der Waals surface area (Å²) in [6.07, 6.45) is 2.44. The first-order valence-corrected chi connectivity index (χ1v) is 15.7. The van der Waals surface area contributed by atoms with E-state index in [9.17, 15) is 0 Å². The fraction of sp³-hybridized carbons (Fsp3) is 1.00. The first kappa shape index (κ1) is 41.9. The predicted molar refractivity (Wildman–Crippen MR) is 170 cm³/mol. The molecule has 0 aromatic carbocycles. The van der Waals surface area contributed by atoms with Crippen molar-refractivity contribution in [2.24, 2.45) is 22.7 Å². The van der Waals surface area contributed by atoms with E-state index < -0.39 is 0 Å². The van der Waals surface area contributed by atoms with Crippen molar-refractivity contribution >= 4 is 0 Å². The topological polar surface area (TPSA) is 55.4 Å². The highest BCUT2D eigenvalue weighted by Gasteiger charge is 2.27. The molecule has 6 heteroatoms. The van der Waals surface area contributed by atoms with Crippen molar-refractivity contribution < 1.29 is 28.4 Å². The highest BCUT2D eigenvalue weighted by atomic mass is 16.6. The van der Waals surface area contributed by atoms with E-state index in [1.165, 1.54) is 0 Å². The van der Waals surface area contributed by atoms with Gasteiger partial charge < -0.3 is 28.4 Å². The standard InChI is InChI=1S/2C17H36O3/c1-14(2)9-10-19-15(16(3,4)5)13-18-11-12-20-17(6,7)8;1-14(2)9-10-18-13-15(16(3,4)5)19-11-12-20-17(6,7)8/h2*14-15H,9-13H2,1-8H3. The Morgan fingerprint density at radius 2 is 0.775 bits per heavy atom. The third-order valence-electron chi connectivity index (χ3n) is 6.02. The third kappa shape index (κ3) is 29.3. The molecule has 0 spiro atoms. The first-order chi connectivity index (χ1) is 18.0. The van der Waals surface area contributed by atoms with Gasteiger partial charge in [0.15, 0.2) is 0 Å². The summed E-state index contributed by atoms with van der Waals surface area (Å²) in [4.78, 5) is 0. The Kier molecular flexibility index (Phi) is 21.6. The van der Waals surface area contributed by atoms with Crippen LogP contribution in [0.1, 0.15) is 124 Å². The highest BCUT2D eigenvalue weighted by molar-refractivity contribution is 4.75. The molecule has 0 aromatic heterocycles. The van der Waals surface area contributed by atoms with Crippen molar-refractivity contribution in [2.45, 2.75) is 147 Å². The zero-order chi connectivity index (χ0) is 31.6. The van der Waals surface area contributed by atoms with Gasteiger partial charge in [0.25, 0.3) is 0 Å². The molecular weight excluding hydrogens is 504 g/mol. The summed E-state index contributed by atoms with van der Waals surface area (Å²) < 4.78 is 34.8. The lowest BCUT2D eigenvalue weighted by atomic mass is 9.89. The van der Waals surface area contributed by atoms with Gasteiger partial charge >= 0.3 is 0 Å². The normalized spacial score (nSPS) is 14.8. The van der Waals surface area contributed by atoms with E-state index in [2.05, 4.69) is 111 Å². The maximum absolute atomic E-state index is 6.00. The van der Waals surface area contributed by atoms with Crippen LogP contribution in [0.15, 0.2) is 0 Å². The summed E-state index contributed by atoms with van der Waals surface area (Å²) in [5, 5.41) is 0. The van der Waals surface area contributed by atoms with Crippen LogP contribution in [0.5, 0.6) is 0 Å². The zero-order valence-corrected chi connectivity index (χ0v) is 29.8. The van der Waals surface area contributed by atoms with Gasteiger partial charge in [0.2, 0.25) is 0 Å². The van der Waals surface area contributed by atoms with E-state index in [0.717, 1.165) is 26.1 Å². The molecule has 6 nitrogen and oxygen atoms in total. The summed E-state index contributed by atoms with van der Waals surface area (Å²) in [7, 11) is 0. The van der Waals surface area contributed by atoms with Gasteiger partial charge in [-0.1, -0.05) is 69.2 Å². The zero-order valence-electron chi connectivity index (χ0n) is 29.8. The van der Waals surface area contributed by atoms with Crippen LogP contribution in [-0.4, -0.2) is 76.3 Å². The molecule has 0 amide bonds. The number of hydrogen-bond donors (Lipinski definition) is 0. The van der Waals surface area contributed by atoms with Crippen molar-refractivity contribution in [3.05, 3.63) is 0 Å². The van der Waals surface area contributed by atoms with Gasteiger partial charge in [-0.3, -0.25) is 0 Å². The molecule has 0 aliphatic carbocycles. The molecule has 0 aliphatic rings. The van der Waals surface area contributed by atoms with Gasteiger partial charge in [-0.05, 0) is 77.0 Å². The highest BCUT2D eigenvalue weighted by Crippen LogP contribution is 2.24. The van der Waals surface area contributed by atoms with Crippen LogP contribution < -0.4 is 0 Å². The van der Waals surface area contributed by atoms with Gasteiger partial charge in [0, 0.05) is 13.2 Å². The monoisotopic (exact) mass is 577 g/mol. The lowest BCUT2D eigenvalue weighted by molar-refractivity contribution is -0.100. The summed E-state index contributed by atoms with van der Waals surface area (Å²) in [6.45, 7) is 39.8. The molecule has 0 aliphatic heterocycles. The van der Waals surface area contributed by atoms with Crippen molar-refractivity contribution in [3.8, 4) is 0 Å². The second kappa shape index (κ2) is 20.6. The molecule has 2 unspecified atom stereocenters. The molecular formula is C34H72O6. The Morgan fingerprint density at radius 1 is 0.425 bits per heavy atom. The molecule has 40 heavy (non-hydrogen) atoms. The molecule has 244 valence electrons. The van der Waals surface area contributed by atoms with Gasteiger partial charge in [0.1, 0.15) is 0 Å². The smallest absolute Gasteiger partial charge is 0.0857 e. The van der Waals surface area contributed by atoms with Crippen molar-refractivity contribution in [1.29, 1.82) is 0 Å². The molecule has 0 heterocycles. The Labute approximate surface area is 250 Å². The number of ether oxygens (including phenoxy) is 6. The summed E-state index contributed by atoms with van der Waals surface area (Å²) in [6, 6.07) is 0. The minimum absolute atomic E-state index is 0.0829. The second-order valence-corrected chi connectivity index (χ2v) is 15.9. The van der Waals surface area contributed by atoms with E-state index >= 15 is 0 Å². The van der Waals surface area contributed by atoms with Crippen molar-refractivity contribution in [3.63, 3.8) is 0 Å². The molecule has 0 fully saturated rings. The Morgan fingerprint density at radius 3 is 1.15 bits per heavy atom. The molecule has 0 radical (unpaired) electrons. The van der Waals surface area contributed by atoms with Crippen LogP contribution in [0, 0.1) is 22.7 Å². The molecule has 0 aromatic rings. The van der Waals surface area contributed by atoms with Crippen molar-refractivity contribution in [1.82, 2.24) is 0 Å². The van der Waals surface area contributed by atoms with E-state index in [0.29, 0.717) is 51.5 Å². The predicted octanol–water partition coefficient (Wildman–Crippen LogP) is 8.59. The number of hydrogen-bond acceptors (Lipinski definition) is 6. The van der Waals surface area contributed by atoms with Crippen LogP contribution in [0.4, 0.5) is 0 Å². The van der Waals surface area contributed by atoms with E-state index in [-0.39, 0.29) is 34.2 Å². The van der Waals surface area contributed by atoms with Crippen LogP contribution in [0.3, 0.4) is 0 Å². The second-order valence-electron chi connectivity index (χ2n) is 15.9. The largest absolute Gasteiger partial charge is 0.379 e. The molecule has 0 saturated heterocycles. The Balaban J connectivity index is 0. The van der Waals surface area contributed by atoms with E-state index in [4.69, 9.17) is 28.4 Å². The maximum Gasteiger partial charge on any atom is 0.0857 e. The lowest BCUT2D eigenvalue weighted by Crippen LogP contribution is -2.35. The molecule has 0 bridgehead atoms. The molecule has 0 rings (SSSR count). The summed E-state index contributed by atoms with van der Waals surface area (Å²) in [5.41, 5.74) is -0.0175.